The van der Waals surface area contributed by atoms with Gasteiger partial charge < -0.3 is 0 Å². The van der Waals surface area contributed by atoms with Gasteiger partial charge in [-0.3, -0.25) is 13.8 Å². The van der Waals surface area contributed by atoms with Gasteiger partial charge in [-0.05, 0) is 40.6 Å². The van der Waals surface area contributed by atoms with Gasteiger partial charge in [0.05, 0.1) is 5.52 Å². The highest BCUT2D eigenvalue weighted by Crippen LogP contribution is 2.28. The number of hydrogen-bond donors (Lipinski definition) is 0. The molecule has 0 N–H and O–H groups in total. The molecule has 0 fully saturated rings. The number of benzene rings is 2. The van der Waals surface area contributed by atoms with E-state index in [0.29, 0.717) is 12.3 Å². The van der Waals surface area contributed by atoms with Crippen LogP contribution in [0, 0.1) is 0 Å². The highest BCUT2D eigenvalue weighted by Gasteiger charge is 2.19. The van der Waals surface area contributed by atoms with Gasteiger partial charge in [-0.1, -0.05) is 72.8 Å². The zero-order chi connectivity index (χ0) is 21.4. The molecule has 31 heavy (non-hydrogen) atoms. The van der Waals surface area contributed by atoms with E-state index in [2.05, 4.69) is 29.3 Å². The van der Waals surface area contributed by atoms with Crippen molar-refractivity contribution in [1.29, 1.82) is 0 Å². The lowest BCUT2D eigenvalue weighted by Crippen LogP contribution is -2.24. The Balaban J connectivity index is 1.55. The number of fused-ring (bicyclic) bond motifs is 3. The van der Waals surface area contributed by atoms with Crippen LogP contribution in [0.4, 0.5) is 0 Å². The van der Waals surface area contributed by atoms with Crippen molar-refractivity contribution in [3.05, 3.63) is 92.5 Å². The maximum atomic E-state index is 13.3. The molecular weight excluding hydrogens is 448 g/mol. The summed E-state index contributed by atoms with van der Waals surface area (Å²) in [5, 5.41) is 12.3. The summed E-state index contributed by atoms with van der Waals surface area (Å²) in [7, 11) is 0. The van der Waals surface area contributed by atoms with Crippen molar-refractivity contribution in [2.75, 3.05) is 0 Å². The van der Waals surface area contributed by atoms with Crippen molar-refractivity contribution in [3.8, 4) is 0 Å². The number of aromatic nitrogens is 4. The molecule has 5 nitrogen and oxygen atoms in total. The van der Waals surface area contributed by atoms with Gasteiger partial charge in [0.15, 0.2) is 5.16 Å². The van der Waals surface area contributed by atoms with Crippen LogP contribution < -0.4 is 5.56 Å². The van der Waals surface area contributed by atoms with Crippen LogP contribution in [0.15, 0.2) is 76.0 Å². The summed E-state index contributed by atoms with van der Waals surface area (Å²) in [6.45, 7) is 2.67. The van der Waals surface area contributed by atoms with Gasteiger partial charge in [0.1, 0.15) is 4.70 Å². The Labute approximate surface area is 192 Å². The first kappa shape index (κ1) is 20.3. The fraction of sp³-hybridized carbons (Fsp3) is 0.174. The second-order valence-corrected chi connectivity index (χ2v) is 9.69. The highest BCUT2D eigenvalue weighted by molar-refractivity contribution is 7.98. The third-order valence-corrected chi connectivity index (χ3v) is 7.43. The maximum Gasteiger partial charge on any atom is 0.272 e. The van der Waals surface area contributed by atoms with E-state index in [0.717, 1.165) is 31.7 Å². The summed E-state index contributed by atoms with van der Waals surface area (Å²) in [4.78, 5) is 13.3. The molecule has 2 aromatic carbocycles. The smallest absolute Gasteiger partial charge is 0.272 e. The summed E-state index contributed by atoms with van der Waals surface area (Å²) in [6, 6.07) is 20.0. The summed E-state index contributed by atoms with van der Waals surface area (Å²) >= 11 is 9.06. The maximum absolute atomic E-state index is 13.3. The Morgan fingerprint density at radius 3 is 2.61 bits per heavy atom. The third-order valence-electron chi connectivity index (χ3n) is 5.29. The van der Waals surface area contributed by atoms with Crippen molar-refractivity contribution in [1.82, 2.24) is 19.2 Å². The fourth-order valence-corrected chi connectivity index (χ4v) is 5.49. The van der Waals surface area contributed by atoms with Crippen molar-refractivity contribution in [2.45, 2.75) is 30.3 Å². The molecule has 0 aliphatic carbocycles. The number of hydrogen-bond acceptors (Lipinski definition) is 5. The average Bonchev–Trinajstić information content (AvgIpc) is 3.44. The molecule has 0 bridgehead atoms. The molecule has 3 aromatic heterocycles. The van der Waals surface area contributed by atoms with Gasteiger partial charge in [0.25, 0.3) is 5.56 Å². The molecule has 1 atom stereocenters. The SMILES string of the molecule is CC(Cn1c(=O)c2sccc2n2c(SCc3ccc(Cl)cc3)nnc12)c1ccccc1. The van der Waals surface area contributed by atoms with E-state index in [4.69, 9.17) is 11.6 Å². The Morgan fingerprint density at radius 2 is 1.84 bits per heavy atom. The predicted octanol–water partition coefficient (Wildman–Crippen LogP) is 5.86. The zero-order valence-electron chi connectivity index (χ0n) is 16.7. The molecule has 8 heteroatoms. The molecule has 5 aromatic rings. The third kappa shape index (κ3) is 3.89. The number of nitrogens with zero attached hydrogens (tertiary/aromatic N) is 4. The minimum absolute atomic E-state index is 0.0121. The normalized spacial score (nSPS) is 12.6. The minimum atomic E-state index is -0.0121. The van der Waals surface area contributed by atoms with E-state index in [9.17, 15) is 4.79 Å². The Morgan fingerprint density at radius 1 is 1.06 bits per heavy atom. The van der Waals surface area contributed by atoms with Crippen LogP contribution in [0.5, 0.6) is 0 Å². The van der Waals surface area contributed by atoms with Crippen LogP contribution in [0.3, 0.4) is 0 Å². The lowest BCUT2D eigenvalue weighted by atomic mass is 10.0. The second kappa shape index (κ2) is 8.49. The Hall–Kier alpha value is -2.61. The van der Waals surface area contributed by atoms with Crippen LogP contribution >= 0.6 is 34.7 Å². The molecule has 0 aliphatic rings. The van der Waals surface area contributed by atoms with E-state index in [1.54, 1.807) is 16.3 Å². The first-order valence-corrected chi connectivity index (χ1v) is 12.1. The molecule has 5 rings (SSSR count). The molecule has 0 saturated heterocycles. The molecular formula is C23H19ClN4OS2. The van der Waals surface area contributed by atoms with Crippen molar-refractivity contribution < 1.29 is 0 Å². The van der Waals surface area contributed by atoms with Gasteiger partial charge in [-0.2, -0.15) is 0 Å². The number of halogens is 1. The van der Waals surface area contributed by atoms with Crippen molar-refractivity contribution >= 4 is 50.7 Å². The molecule has 0 saturated carbocycles. The molecule has 156 valence electrons. The quantitative estimate of drug-likeness (QED) is 0.294. The molecule has 1 unspecified atom stereocenters. The largest absolute Gasteiger partial charge is 0.275 e. The van der Waals surface area contributed by atoms with Gasteiger partial charge in [-0.25, -0.2) is 0 Å². The van der Waals surface area contributed by atoms with E-state index in [1.807, 2.05) is 58.3 Å². The van der Waals surface area contributed by atoms with Crippen LogP contribution in [0.2, 0.25) is 5.02 Å². The molecule has 0 aliphatic heterocycles. The molecule has 0 radical (unpaired) electrons. The molecule has 0 spiro atoms. The second-order valence-electron chi connectivity index (χ2n) is 7.40. The summed E-state index contributed by atoms with van der Waals surface area (Å²) in [5.74, 6) is 1.49. The minimum Gasteiger partial charge on any atom is -0.275 e. The van der Waals surface area contributed by atoms with Crippen LogP contribution in [-0.4, -0.2) is 19.2 Å². The highest BCUT2D eigenvalue weighted by atomic mass is 35.5. The van der Waals surface area contributed by atoms with Crippen LogP contribution in [0.25, 0.3) is 16.0 Å². The summed E-state index contributed by atoms with van der Waals surface area (Å²) in [6.07, 6.45) is 0. The number of rotatable bonds is 6. The summed E-state index contributed by atoms with van der Waals surface area (Å²) in [5.41, 5.74) is 3.19. The van der Waals surface area contributed by atoms with Crippen LogP contribution in [0.1, 0.15) is 24.0 Å². The van der Waals surface area contributed by atoms with E-state index < -0.39 is 0 Å². The predicted molar refractivity (Wildman–Crippen MR) is 128 cm³/mol. The Bertz CT molecular complexity index is 1410. The van der Waals surface area contributed by atoms with E-state index >= 15 is 0 Å². The van der Waals surface area contributed by atoms with Gasteiger partial charge in [0.2, 0.25) is 5.78 Å². The molecule has 0 amide bonds. The Kier molecular flexibility index (Phi) is 5.56. The lowest BCUT2D eigenvalue weighted by molar-refractivity contribution is 0.588. The van der Waals surface area contributed by atoms with Crippen LogP contribution in [-0.2, 0) is 12.3 Å². The van der Waals surface area contributed by atoms with E-state index in [1.165, 1.54) is 16.9 Å². The van der Waals surface area contributed by atoms with Crippen molar-refractivity contribution in [2.24, 2.45) is 0 Å². The van der Waals surface area contributed by atoms with Gasteiger partial charge >= 0.3 is 0 Å². The zero-order valence-corrected chi connectivity index (χ0v) is 19.1. The average molecular weight is 467 g/mol. The number of thioether (sulfide) groups is 1. The lowest BCUT2D eigenvalue weighted by Gasteiger charge is -2.15. The molecule has 3 heterocycles. The van der Waals surface area contributed by atoms with Gasteiger partial charge in [-0.15, -0.1) is 21.5 Å². The first-order valence-electron chi connectivity index (χ1n) is 9.89. The first-order chi connectivity index (χ1) is 15.1. The standard InChI is InChI=1S/C23H19ClN4OS2/c1-15(17-5-3-2-4-6-17)13-27-21(29)20-19(11-12-30-20)28-22(27)25-26-23(28)31-14-16-7-9-18(24)10-8-16/h2-12,15H,13-14H2,1H3. The van der Waals surface area contributed by atoms with Gasteiger partial charge in [0, 0.05) is 17.3 Å². The van der Waals surface area contributed by atoms with E-state index in [-0.39, 0.29) is 11.5 Å². The topological polar surface area (TPSA) is 52.2 Å². The monoisotopic (exact) mass is 466 g/mol. The fourth-order valence-electron chi connectivity index (χ4n) is 3.65. The number of thiophene rings is 1. The van der Waals surface area contributed by atoms with Crippen molar-refractivity contribution in [3.63, 3.8) is 0 Å². The summed E-state index contributed by atoms with van der Waals surface area (Å²) < 4.78 is 4.49.